The number of hydrogen-bond donors (Lipinski definition) is 0. The smallest absolute Gasteiger partial charge is 0.128 e. The molecule has 0 N–H and O–H groups in total. The van der Waals surface area contributed by atoms with E-state index >= 15 is 0 Å². The molecule has 0 saturated heterocycles. The number of nitrogens with zero attached hydrogens (tertiary/aromatic N) is 4. The minimum atomic E-state index is 0.836. The molecule has 5 heteroatoms. The third kappa shape index (κ3) is 3.22. The van der Waals surface area contributed by atoms with Crippen molar-refractivity contribution in [3.63, 3.8) is 0 Å². The van der Waals surface area contributed by atoms with E-state index in [1.807, 2.05) is 18.6 Å². The van der Waals surface area contributed by atoms with Gasteiger partial charge in [0.25, 0.3) is 0 Å². The third-order valence-corrected chi connectivity index (χ3v) is 4.98. The van der Waals surface area contributed by atoms with Gasteiger partial charge in [0.1, 0.15) is 5.82 Å². The van der Waals surface area contributed by atoms with Crippen LogP contribution in [-0.2, 0) is 25.9 Å². The summed E-state index contributed by atoms with van der Waals surface area (Å²) in [4.78, 5) is 11.4. The number of hydrogen-bond acceptors (Lipinski definition) is 3. The summed E-state index contributed by atoms with van der Waals surface area (Å²) in [6.07, 6.45) is 5.90. The number of aryl methyl sites for hydroxylation is 2. The molecule has 0 bridgehead atoms. The summed E-state index contributed by atoms with van der Waals surface area (Å²) in [7, 11) is 0. The molecule has 4 rings (SSSR count). The fourth-order valence-corrected chi connectivity index (χ4v) is 3.44. The molecule has 3 heterocycles. The van der Waals surface area contributed by atoms with Crippen LogP contribution in [0.1, 0.15) is 17.0 Å². The third-order valence-electron chi connectivity index (χ3n) is 4.51. The molecule has 122 valence electrons. The molecule has 0 atom stereocenters. The van der Waals surface area contributed by atoms with Gasteiger partial charge in [-0.3, -0.25) is 0 Å². The quantitative estimate of drug-likeness (QED) is 0.687. The monoisotopic (exact) mass is 382 g/mol. The van der Waals surface area contributed by atoms with Crippen LogP contribution < -0.4 is 4.90 Å². The maximum atomic E-state index is 4.65. The van der Waals surface area contributed by atoms with Crippen LogP contribution in [0.4, 0.5) is 5.82 Å². The van der Waals surface area contributed by atoms with E-state index in [-0.39, 0.29) is 0 Å². The molecule has 1 aliphatic rings. The van der Waals surface area contributed by atoms with Gasteiger partial charge in [-0.2, -0.15) is 0 Å². The molecule has 24 heavy (non-hydrogen) atoms. The Morgan fingerprint density at radius 3 is 2.71 bits per heavy atom. The number of imidazole rings is 1. The Balaban J connectivity index is 1.46. The van der Waals surface area contributed by atoms with E-state index in [1.165, 1.54) is 17.0 Å². The van der Waals surface area contributed by atoms with Crippen molar-refractivity contribution in [1.29, 1.82) is 0 Å². The highest BCUT2D eigenvalue weighted by Gasteiger charge is 2.21. The van der Waals surface area contributed by atoms with Crippen molar-refractivity contribution in [2.24, 2.45) is 0 Å². The number of pyridine rings is 1. The van der Waals surface area contributed by atoms with Crippen LogP contribution in [0.5, 0.6) is 0 Å². The molecule has 0 unspecified atom stereocenters. The summed E-state index contributed by atoms with van der Waals surface area (Å²) < 4.78 is 3.32. The van der Waals surface area contributed by atoms with Gasteiger partial charge in [-0.05, 0) is 40.0 Å². The van der Waals surface area contributed by atoms with Gasteiger partial charge in [0.05, 0.1) is 18.6 Å². The van der Waals surface area contributed by atoms with Gasteiger partial charge >= 0.3 is 0 Å². The summed E-state index contributed by atoms with van der Waals surface area (Å²) in [5.74, 6) is 1.02. The Labute approximate surface area is 150 Å². The van der Waals surface area contributed by atoms with E-state index in [1.54, 1.807) is 0 Å². The molecule has 1 aromatic carbocycles. The average molecular weight is 383 g/mol. The molecule has 0 fully saturated rings. The summed E-state index contributed by atoms with van der Waals surface area (Å²) in [5, 5.41) is 0. The number of fused-ring (bicyclic) bond motifs is 1. The van der Waals surface area contributed by atoms with Gasteiger partial charge in [-0.25, -0.2) is 9.97 Å². The lowest BCUT2D eigenvalue weighted by atomic mass is 10.1. The van der Waals surface area contributed by atoms with Crippen LogP contribution in [0.15, 0.2) is 59.5 Å². The SMILES string of the molecule is Brc1ccc(N2CCc3c(ncn3CCc3ccccc3)C2)nc1. The fourth-order valence-electron chi connectivity index (χ4n) is 3.21. The normalized spacial score (nSPS) is 13.8. The van der Waals surface area contributed by atoms with Crippen molar-refractivity contribution in [2.45, 2.75) is 25.9 Å². The highest BCUT2D eigenvalue weighted by atomic mass is 79.9. The second kappa shape index (κ2) is 6.77. The predicted octanol–water partition coefficient (Wildman–Crippen LogP) is 3.85. The first-order valence-corrected chi connectivity index (χ1v) is 9.02. The van der Waals surface area contributed by atoms with E-state index in [4.69, 9.17) is 0 Å². The zero-order valence-electron chi connectivity index (χ0n) is 13.4. The van der Waals surface area contributed by atoms with Gasteiger partial charge in [-0.15, -0.1) is 0 Å². The molecule has 0 radical (unpaired) electrons. The number of benzene rings is 1. The van der Waals surface area contributed by atoms with E-state index < -0.39 is 0 Å². The Morgan fingerprint density at radius 1 is 1.04 bits per heavy atom. The van der Waals surface area contributed by atoms with Gasteiger partial charge in [0.15, 0.2) is 0 Å². The Morgan fingerprint density at radius 2 is 1.92 bits per heavy atom. The van der Waals surface area contributed by atoms with Gasteiger partial charge < -0.3 is 9.47 Å². The van der Waals surface area contributed by atoms with Gasteiger partial charge in [0, 0.05) is 35.9 Å². The average Bonchev–Trinajstić information content (AvgIpc) is 3.04. The molecule has 2 aromatic heterocycles. The highest BCUT2D eigenvalue weighted by Crippen LogP contribution is 2.23. The molecule has 4 nitrogen and oxygen atoms in total. The van der Waals surface area contributed by atoms with Crippen molar-refractivity contribution < 1.29 is 0 Å². The maximum Gasteiger partial charge on any atom is 0.128 e. The lowest BCUT2D eigenvalue weighted by molar-refractivity contribution is 0.622. The minimum Gasteiger partial charge on any atom is -0.350 e. The number of aromatic nitrogens is 3. The maximum absolute atomic E-state index is 4.65. The van der Waals surface area contributed by atoms with E-state index in [2.05, 4.69) is 71.8 Å². The van der Waals surface area contributed by atoms with E-state index in [0.717, 1.165) is 42.8 Å². The number of halogens is 1. The van der Waals surface area contributed by atoms with Gasteiger partial charge in [0.2, 0.25) is 0 Å². The van der Waals surface area contributed by atoms with Crippen LogP contribution in [0.2, 0.25) is 0 Å². The summed E-state index contributed by atoms with van der Waals surface area (Å²) in [6, 6.07) is 14.7. The molecule has 1 aliphatic heterocycles. The first-order valence-electron chi connectivity index (χ1n) is 8.23. The molecular weight excluding hydrogens is 364 g/mol. The van der Waals surface area contributed by atoms with Crippen LogP contribution in [0, 0.1) is 0 Å². The van der Waals surface area contributed by atoms with Crippen molar-refractivity contribution >= 4 is 21.7 Å². The minimum absolute atomic E-state index is 0.836. The molecule has 0 spiro atoms. The standard InChI is InChI=1S/C19H19BrN4/c20-16-6-7-19(21-12-16)23-11-9-18-17(13-23)22-14-24(18)10-8-15-4-2-1-3-5-15/h1-7,12,14H,8-11,13H2. The number of anilines is 1. The van der Waals surface area contributed by atoms with Crippen molar-refractivity contribution in [3.05, 3.63) is 76.4 Å². The van der Waals surface area contributed by atoms with Crippen molar-refractivity contribution in [2.75, 3.05) is 11.4 Å². The van der Waals surface area contributed by atoms with Crippen LogP contribution in [-0.4, -0.2) is 21.1 Å². The van der Waals surface area contributed by atoms with Crippen LogP contribution in [0.3, 0.4) is 0 Å². The lowest BCUT2D eigenvalue weighted by Crippen LogP contribution is -2.31. The van der Waals surface area contributed by atoms with E-state index in [9.17, 15) is 0 Å². The summed E-state index contributed by atoms with van der Waals surface area (Å²) >= 11 is 3.44. The predicted molar refractivity (Wildman–Crippen MR) is 99.1 cm³/mol. The highest BCUT2D eigenvalue weighted by molar-refractivity contribution is 9.10. The van der Waals surface area contributed by atoms with Gasteiger partial charge in [-0.1, -0.05) is 30.3 Å². The first kappa shape index (κ1) is 15.4. The molecule has 3 aromatic rings. The number of rotatable bonds is 4. The van der Waals surface area contributed by atoms with Crippen LogP contribution >= 0.6 is 15.9 Å². The Bertz CT molecular complexity index is 811. The van der Waals surface area contributed by atoms with Crippen molar-refractivity contribution in [1.82, 2.24) is 14.5 Å². The fraction of sp³-hybridized carbons (Fsp3) is 0.263. The molecular formula is C19H19BrN4. The topological polar surface area (TPSA) is 34.0 Å². The van der Waals surface area contributed by atoms with Crippen molar-refractivity contribution in [3.8, 4) is 0 Å². The van der Waals surface area contributed by atoms with E-state index in [0.29, 0.717) is 0 Å². The molecule has 0 saturated carbocycles. The zero-order chi connectivity index (χ0) is 16.4. The second-order valence-electron chi connectivity index (χ2n) is 6.07. The lowest BCUT2D eigenvalue weighted by Gasteiger charge is -2.28. The Hall–Kier alpha value is -2.14. The molecule has 0 aliphatic carbocycles. The first-order chi connectivity index (χ1) is 11.8. The summed E-state index contributed by atoms with van der Waals surface area (Å²) in [5.41, 5.74) is 3.93. The Kier molecular flexibility index (Phi) is 4.34. The summed E-state index contributed by atoms with van der Waals surface area (Å²) in [6.45, 7) is 2.81. The van der Waals surface area contributed by atoms with Crippen LogP contribution in [0.25, 0.3) is 0 Å². The second-order valence-corrected chi connectivity index (χ2v) is 6.99. The zero-order valence-corrected chi connectivity index (χ0v) is 15.0. The largest absolute Gasteiger partial charge is 0.350 e. The molecule has 0 amide bonds.